The summed E-state index contributed by atoms with van der Waals surface area (Å²) in [5.41, 5.74) is 1.49. The second-order valence-corrected chi connectivity index (χ2v) is 5.73. The molecule has 0 saturated carbocycles. The van der Waals surface area contributed by atoms with Crippen LogP contribution in [-0.2, 0) is 6.54 Å². The summed E-state index contributed by atoms with van der Waals surface area (Å²) in [5.74, 6) is 1.24. The van der Waals surface area contributed by atoms with E-state index in [-0.39, 0.29) is 5.56 Å². The van der Waals surface area contributed by atoms with Crippen molar-refractivity contribution in [2.75, 3.05) is 18.6 Å². The minimum absolute atomic E-state index is 0.0210. The van der Waals surface area contributed by atoms with Gasteiger partial charge in [-0.2, -0.15) is 11.8 Å². The van der Waals surface area contributed by atoms with E-state index in [0.717, 1.165) is 12.2 Å². The SMILES string of the molecule is CSCCCCCNCc1cc(=O)n2ccccc2n1. The number of hydrogen-bond acceptors (Lipinski definition) is 4. The summed E-state index contributed by atoms with van der Waals surface area (Å²) in [6.07, 6.45) is 7.59. The molecule has 0 aromatic carbocycles. The first-order valence-corrected chi connectivity index (χ1v) is 8.37. The molecule has 0 fully saturated rings. The fraction of sp³-hybridized carbons (Fsp3) is 0.467. The van der Waals surface area contributed by atoms with Gasteiger partial charge in [-0.25, -0.2) is 4.98 Å². The lowest BCUT2D eigenvalue weighted by Crippen LogP contribution is -2.20. The van der Waals surface area contributed by atoms with Gasteiger partial charge >= 0.3 is 0 Å². The standard InChI is InChI=1S/C15H21N3OS/c1-20-10-6-2-4-8-16-12-13-11-15(19)18-9-5-3-7-14(18)17-13/h3,5,7,9,11,16H,2,4,6,8,10,12H2,1H3. The van der Waals surface area contributed by atoms with Gasteiger partial charge in [0.05, 0.1) is 5.69 Å². The second-order valence-electron chi connectivity index (χ2n) is 4.74. The first-order chi connectivity index (χ1) is 9.81. The summed E-state index contributed by atoms with van der Waals surface area (Å²) >= 11 is 1.90. The Labute approximate surface area is 123 Å². The van der Waals surface area contributed by atoms with Crippen molar-refractivity contribution in [3.05, 3.63) is 46.5 Å². The van der Waals surface area contributed by atoms with Gasteiger partial charge in [-0.15, -0.1) is 0 Å². The highest BCUT2D eigenvalue weighted by Crippen LogP contribution is 2.02. The normalized spacial score (nSPS) is 11.1. The van der Waals surface area contributed by atoms with Crippen molar-refractivity contribution in [3.63, 3.8) is 0 Å². The minimum Gasteiger partial charge on any atom is -0.311 e. The van der Waals surface area contributed by atoms with Crippen LogP contribution in [0.4, 0.5) is 0 Å². The van der Waals surface area contributed by atoms with E-state index in [4.69, 9.17) is 0 Å². The van der Waals surface area contributed by atoms with Gasteiger partial charge in [0.25, 0.3) is 5.56 Å². The number of thioether (sulfide) groups is 1. The summed E-state index contributed by atoms with van der Waals surface area (Å²) in [6, 6.07) is 7.19. The number of aromatic nitrogens is 2. The van der Waals surface area contributed by atoms with Crippen molar-refractivity contribution in [2.45, 2.75) is 25.8 Å². The molecule has 4 nitrogen and oxygen atoms in total. The lowest BCUT2D eigenvalue weighted by atomic mass is 10.2. The van der Waals surface area contributed by atoms with E-state index in [1.165, 1.54) is 25.0 Å². The van der Waals surface area contributed by atoms with Crippen molar-refractivity contribution < 1.29 is 0 Å². The molecular weight excluding hydrogens is 270 g/mol. The molecule has 2 aromatic rings. The minimum atomic E-state index is -0.0210. The molecule has 1 N–H and O–H groups in total. The topological polar surface area (TPSA) is 46.4 Å². The van der Waals surface area contributed by atoms with E-state index in [2.05, 4.69) is 16.6 Å². The molecule has 0 amide bonds. The molecule has 5 heteroatoms. The number of nitrogens with zero attached hydrogens (tertiary/aromatic N) is 2. The average molecular weight is 291 g/mol. The Balaban J connectivity index is 1.83. The average Bonchev–Trinajstić information content (AvgIpc) is 2.46. The maximum absolute atomic E-state index is 11.9. The molecule has 2 rings (SSSR count). The van der Waals surface area contributed by atoms with Crippen LogP contribution in [0.5, 0.6) is 0 Å². The Bertz CT molecular complexity index is 597. The molecule has 0 aliphatic carbocycles. The molecule has 0 radical (unpaired) electrons. The number of pyridine rings is 1. The maximum Gasteiger partial charge on any atom is 0.258 e. The molecule has 108 valence electrons. The summed E-state index contributed by atoms with van der Waals surface area (Å²) in [7, 11) is 0. The smallest absolute Gasteiger partial charge is 0.258 e. The molecule has 0 spiro atoms. The van der Waals surface area contributed by atoms with Gasteiger partial charge in [-0.05, 0) is 43.5 Å². The van der Waals surface area contributed by atoms with Crippen LogP contribution in [0.25, 0.3) is 5.65 Å². The fourth-order valence-corrected chi connectivity index (χ4v) is 2.58. The Hall–Kier alpha value is -1.33. The van der Waals surface area contributed by atoms with Gasteiger partial charge in [0, 0.05) is 18.8 Å². The lowest BCUT2D eigenvalue weighted by Gasteiger charge is -2.06. The molecule has 0 aliphatic heterocycles. The van der Waals surface area contributed by atoms with Crippen molar-refractivity contribution in [3.8, 4) is 0 Å². The molecule has 20 heavy (non-hydrogen) atoms. The maximum atomic E-state index is 11.9. The van der Waals surface area contributed by atoms with Crippen LogP contribution >= 0.6 is 11.8 Å². The zero-order valence-corrected chi connectivity index (χ0v) is 12.7. The van der Waals surface area contributed by atoms with E-state index in [1.807, 2.05) is 30.0 Å². The quantitative estimate of drug-likeness (QED) is 0.758. The Morgan fingerprint density at radius 3 is 3.05 bits per heavy atom. The zero-order chi connectivity index (χ0) is 14.2. The molecule has 0 atom stereocenters. The molecule has 0 bridgehead atoms. The molecular formula is C15H21N3OS. The molecule has 2 aromatic heterocycles. The van der Waals surface area contributed by atoms with Gasteiger partial charge in [0.15, 0.2) is 0 Å². The van der Waals surface area contributed by atoms with Crippen LogP contribution in [0.15, 0.2) is 35.3 Å². The zero-order valence-electron chi connectivity index (χ0n) is 11.8. The number of fused-ring (bicyclic) bond motifs is 1. The third kappa shape index (κ3) is 4.35. The van der Waals surface area contributed by atoms with Gasteiger partial charge in [0.1, 0.15) is 5.65 Å². The molecule has 2 heterocycles. The van der Waals surface area contributed by atoms with Crippen molar-refractivity contribution >= 4 is 17.4 Å². The highest BCUT2D eigenvalue weighted by Gasteiger charge is 2.01. The van der Waals surface area contributed by atoms with Gasteiger partial charge in [0.2, 0.25) is 0 Å². The van der Waals surface area contributed by atoms with Crippen LogP contribution in [0, 0.1) is 0 Å². The van der Waals surface area contributed by atoms with E-state index >= 15 is 0 Å². The van der Waals surface area contributed by atoms with Crippen molar-refractivity contribution in [1.29, 1.82) is 0 Å². The lowest BCUT2D eigenvalue weighted by molar-refractivity contribution is 0.612. The van der Waals surface area contributed by atoms with Crippen LogP contribution in [0.1, 0.15) is 25.0 Å². The largest absolute Gasteiger partial charge is 0.311 e. The molecule has 0 aliphatic rings. The van der Waals surface area contributed by atoms with Crippen LogP contribution in [-0.4, -0.2) is 27.9 Å². The summed E-state index contributed by atoms with van der Waals surface area (Å²) in [4.78, 5) is 16.4. The molecule has 0 unspecified atom stereocenters. The summed E-state index contributed by atoms with van der Waals surface area (Å²) < 4.78 is 1.56. The number of nitrogens with one attached hydrogen (secondary N) is 1. The van der Waals surface area contributed by atoms with Crippen LogP contribution in [0.2, 0.25) is 0 Å². The fourth-order valence-electron chi connectivity index (χ4n) is 2.08. The van der Waals surface area contributed by atoms with Crippen molar-refractivity contribution in [2.24, 2.45) is 0 Å². The number of hydrogen-bond donors (Lipinski definition) is 1. The monoisotopic (exact) mass is 291 g/mol. The van der Waals surface area contributed by atoms with Gasteiger partial charge < -0.3 is 5.32 Å². The third-order valence-electron chi connectivity index (χ3n) is 3.13. The van der Waals surface area contributed by atoms with E-state index in [0.29, 0.717) is 12.2 Å². The Morgan fingerprint density at radius 2 is 2.20 bits per heavy atom. The van der Waals surface area contributed by atoms with Crippen LogP contribution < -0.4 is 10.9 Å². The summed E-state index contributed by atoms with van der Waals surface area (Å²) in [5, 5.41) is 3.35. The summed E-state index contributed by atoms with van der Waals surface area (Å²) in [6.45, 7) is 1.63. The molecule has 0 saturated heterocycles. The van der Waals surface area contributed by atoms with E-state index in [1.54, 1.807) is 16.7 Å². The highest BCUT2D eigenvalue weighted by atomic mass is 32.2. The third-order valence-corrected chi connectivity index (χ3v) is 3.83. The predicted octanol–water partition coefficient (Wildman–Crippen LogP) is 2.32. The Morgan fingerprint density at radius 1 is 1.30 bits per heavy atom. The number of rotatable bonds is 8. The van der Waals surface area contributed by atoms with Gasteiger partial charge in [-0.1, -0.05) is 12.5 Å². The predicted molar refractivity (Wildman–Crippen MR) is 85.4 cm³/mol. The number of unbranched alkanes of at least 4 members (excludes halogenated alkanes) is 2. The second kappa shape index (κ2) is 8.07. The van der Waals surface area contributed by atoms with Gasteiger partial charge in [-0.3, -0.25) is 9.20 Å². The Kier molecular flexibility index (Phi) is 6.08. The van der Waals surface area contributed by atoms with Crippen molar-refractivity contribution in [1.82, 2.24) is 14.7 Å². The first kappa shape index (κ1) is 15.1. The first-order valence-electron chi connectivity index (χ1n) is 6.98. The van der Waals surface area contributed by atoms with E-state index in [9.17, 15) is 4.79 Å². The van der Waals surface area contributed by atoms with Crippen LogP contribution in [0.3, 0.4) is 0 Å². The highest BCUT2D eigenvalue weighted by molar-refractivity contribution is 7.98. The van der Waals surface area contributed by atoms with E-state index < -0.39 is 0 Å².